The van der Waals surface area contributed by atoms with E-state index in [0.29, 0.717) is 47.0 Å². The van der Waals surface area contributed by atoms with Gasteiger partial charge < -0.3 is 14.4 Å². The molecule has 1 aliphatic carbocycles. The van der Waals surface area contributed by atoms with E-state index in [4.69, 9.17) is 21.1 Å². The predicted molar refractivity (Wildman–Crippen MR) is 114 cm³/mol. The molecule has 0 bridgehead atoms. The van der Waals surface area contributed by atoms with Crippen LogP contribution in [-0.4, -0.2) is 50.1 Å². The highest BCUT2D eigenvalue weighted by molar-refractivity contribution is 7.85. The number of Topliss-reactive ketones (excluding diaryl/α,β-unsaturated/α-hetero) is 1. The van der Waals surface area contributed by atoms with Gasteiger partial charge in [-0.15, -0.1) is 0 Å². The molecule has 3 atom stereocenters. The highest BCUT2D eigenvalue weighted by Crippen LogP contribution is 2.49. The van der Waals surface area contributed by atoms with Crippen LogP contribution in [0.4, 0.5) is 0 Å². The van der Waals surface area contributed by atoms with E-state index in [1.807, 2.05) is 14.0 Å². The molecule has 0 radical (unpaired) electrons. The second-order valence-electron chi connectivity index (χ2n) is 8.58. The Morgan fingerprint density at radius 1 is 1.23 bits per heavy atom. The number of nitrogens with zero attached hydrogens (tertiary/aromatic N) is 1. The number of rotatable bonds is 2. The van der Waals surface area contributed by atoms with E-state index in [0.717, 1.165) is 11.1 Å². The van der Waals surface area contributed by atoms with Crippen molar-refractivity contribution in [3.8, 4) is 11.5 Å². The summed E-state index contributed by atoms with van der Waals surface area (Å²) in [7, 11) is -2.44. The minimum atomic E-state index is -4.38. The number of likely N-dealkylation sites (N-methyl/N-ethyl adjacent to an activating group) is 1. The zero-order valence-electron chi connectivity index (χ0n) is 17.1. The van der Waals surface area contributed by atoms with Gasteiger partial charge in [0.1, 0.15) is 0 Å². The number of hydrogen-bond acceptors (Lipinski definition) is 6. The molecule has 1 saturated heterocycles. The molecule has 2 aromatic rings. The van der Waals surface area contributed by atoms with Crippen LogP contribution < -0.4 is 9.47 Å². The SMILES string of the molecule is Cc1ccc(S(=O)(=O)O)c(C2C[C@@H]3C(=O)c4c(c(Cl)cc5c4OCO5)C[C@H]3N(C)C2)c1. The molecule has 0 spiro atoms. The molecule has 0 saturated carbocycles. The third-order valence-corrected chi connectivity index (χ3v) is 7.94. The Morgan fingerprint density at radius 3 is 2.74 bits per heavy atom. The van der Waals surface area contributed by atoms with Gasteiger partial charge in [-0.2, -0.15) is 8.42 Å². The summed E-state index contributed by atoms with van der Waals surface area (Å²) >= 11 is 6.48. The van der Waals surface area contributed by atoms with Crippen LogP contribution in [0.2, 0.25) is 5.02 Å². The van der Waals surface area contributed by atoms with E-state index >= 15 is 0 Å². The van der Waals surface area contributed by atoms with E-state index in [2.05, 4.69) is 4.90 Å². The number of carbonyl (C=O) groups excluding carboxylic acids is 1. The Balaban J connectivity index is 1.58. The highest BCUT2D eigenvalue weighted by atomic mass is 35.5. The predicted octanol–water partition coefficient (Wildman–Crippen LogP) is 3.47. The maximum Gasteiger partial charge on any atom is 0.294 e. The first-order valence-electron chi connectivity index (χ1n) is 10.1. The van der Waals surface area contributed by atoms with Crippen LogP contribution in [0.15, 0.2) is 29.2 Å². The van der Waals surface area contributed by atoms with Crippen molar-refractivity contribution in [1.82, 2.24) is 4.90 Å². The number of halogens is 1. The fraction of sp³-hybridized carbons (Fsp3) is 0.409. The molecular formula is C22H22ClNO6S. The number of hydrogen-bond donors (Lipinski definition) is 1. The standard InChI is InChI=1S/C22H22ClNO6S/c1-11-3-4-19(31(26,27)28)13(5-11)12-6-15-17(24(2)9-12)7-14-16(23)8-18-22(30-10-29-18)20(14)21(15)25/h3-5,8,12,15,17H,6-7,9-10H2,1-2H3,(H,26,27,28)/t12?,15-,17+/m0/s1. The number of aryl methyl sites for hydroxylation is 1. The number of ether oxygens (including phenoxy) is 2. The average molecular weight is 464 g/mol. The van der Waals surface area contributed by atoms with Gasteiger partial charge in [-0.1, -0.05) is 29.3 Å². The molecule has 164 valence electrons. The summed E-state index contributed by atoms with van der Waals surface area (Å²) in [5.74, 6) is 0.286. The number of fused-ring (bicyclic) bond motifs is 4. The normalized spacial score (nSPS) is 25.3. The van der Waals surface area contributed by atoms with Crippen LogP contribution in [-0.2, 0) is 16.5 Å². The number of piperidine rings is 1. The van der Waals surface area contributed by atoms with Crippen molar-refractivity contribution in [2.45, 2.75) is 36.6 Å². The quantitative estimate of drug-likeness (QED) is 0.681. The lowest BCUT2D eigenvalue weighted by atomic mass is 9.70. The Hall–Kier alpha value is -2.13. The van der Waals surface area contributed by atoms with Gasteiger partial charge >= 0.3 is 0 Å². The largest absolute Gasteiger partial charge is 0.454 e. The number of benzene rings is 2. The van der Waals surface area contributed by atoms with Gasteiger partial charge in [-0.3, -0.25) is 9.35 Å². The summed E-state index contributed by atoms with van der Waals surface area (Å²) < 4.78 is 44.8. The van der Waals surface area contributed by atoms with Gasteiger partial charge in [-0.05, 0) is 49.9 Å². The Bertz CT molecular complexity index is 1210. The highest BCUT2D eigenvalue weighted by Gasteiger charge is 2.46. The zero-order chi connectivity index (χ0) is 22.1. The molecule has 7 nitrogen and oxygen atoms in total. The summed E-state index contributed by atoms with van der Waals surface area (Å²) in [5.41, 5.74) is 2.69. The Kier molecular flexibility index (Phi) is 4.82. The van der Waals surface area contributed by atoms with Crippen molar-refractivity contribution in [1.29, 1.82) is 0 Å². The lowest BCUT2D eigenvalue weighted by molar-refractivity contribution is 0.0612. The molecule has 1 unspecified atom stereocenters. The molecule has 0 aromatic heterocycles. The smallest absolute Gasteiger partial charge is 0.294 e. The lowest BCUT2D eigenvalue weighted by Gasteiger charge is -2.45. The third kappa shape index (κ3) is 3.33. The maximum absolute atomic E-state index is 13.6. The van der Waals surface area contributed by atoms with Crippen LogP contribution in [0, 0.1) is 12.8 Å². The van der Waals surface area contributed by atoms with E-state index in [1.54, 1.807) is 18.2 Å². The van der Waals surface area contributed by atoms with Crippen LogP contribution in [0.3, 0.4) is 0 Å². The fourth-order valence-corrected chi connectivity index (χ4v) is 6.29. The summed E-state index contributed by atoms with van der Waals surface area (Å²) in [6.45, 7) is 2.49. The number of likely N-dealkylation sites (tertiary alicyclic amines) is 1. The van der Waals surface area contributed by atoms with Gasteiger partial charge in [0, 0.05) is 29.6 Å². The first kappa shape index (κ1) is 20.8. The van der Waals surface area contributed by atoms with E-state index in [1.165, 1.54) is 6.07 Å². The zero-order valence-corrected chi connectivity index (χ0v) is 18.7. The summed E-state index contributed by atoms with van der Waals surface area (Å²) in [6.07, 6.45) is 1.07. The van der Waals surface area contributed by atoms with Crippen LogP contribution in [0.25, 0.3) is 0 Å². The first-order valence-corrected chi connectivity index (χ1v) is 11.9. The van der Waals surface area contributed by atoms with Gasteiger partial charge in [0.25, 0.3) is 10.1 Å². The molecule has 1 fully saturated rings. The second-order valence-corrected chi connectivity index (χ2v) is 10.4. The molecule has 9 heteroatoms. The Labute approximate surface area is 185 Å². The Morgan fingerprint density at radius 2 is 2.00 bits per heavy atom. The maximum atomic E-state index is 13.6. The molecule has 2 aliphatic heterocycles. The summed E-state index contributed by atoms with van der Waals surface area (Å²) in [5, 5.41) is 0.494. The van der Waals surface area contributed by atoms with Crippen LogP contribution in [0.5, 0.6) is 11.5 Å². The summed E-state index contributed by atoms with van der Waals surface area (Å²) in [4.78, 5) is 15.6. The molecule has 5 rings (SSSR count). The van der Waals surface area contributed by atoms with Crippen molar-refractivity contribution >= 4 is 27.5 Å². The lowest BCUT2D eigenvalue weighted by Crippen LogP contribution is -2.52. The number of carbonyl (C=O) groups is 1. The van der Waals surface area contributed by atoms with Crippen LogP contribution in [0.1, 0.15) is 39.4 Å². The number of ketones is 1. The van der Waals surface area contributed by atoms with Crippen LogP contribution >= 0.6 is 11.6 Å². The molecular weight excluding hydrogens is 442 g/mol. The third-order valence-electron chi connectivity index (χ3n) is 6.67. The van der Waals surface area contributed by atoms with Gasteiger partial charge in [-0.25, -0.2) is 0 Å². The molecule has 0 amide bonds. The molecule has 1 N–H and O–H groups in total. The topological polar surface area (TPSA) is 93.1 Å². The van der Waals surface area contributed by atoms with Crippen molar-refractivity contribution in [2.75, 3.05) is 20.4 Å². The average Bonchev–Trinajstić information content (AvgIpc) is 3.15. The molecule has 3 aliphatic rings. The molecule has 2 heterocycles. The van der Waals surface area contributed by atoms with E-state index in [-0.39, 0.29) is 35.3 Å². The minimum absolute atomic E-state index is 0.0480. The first-order chi connectivity index (χ1) is 14.6. The van der Waals surface area contributed by atoms with Crippen molar-refractivity contribution in [3.63, 3.8) is 0 Å². The van der Waals surface area contributed by atoms with Crippen molar-refractivity contribution < 1.29 is 27.2 Å². The second kappa shape index (κ2) is 7.20. The van der Waals surface area contributed by atoms with Gasteiger partial charge in [0.05, 0.1) is 10.5 Å². The van der Waals surface area contributed by atoms with Gasteiger partial charge in [0.2, 0.25) is 6.79 Å². The fourth-order valence-electron chi connectivity index (χ4n) is 5.26. The van der Waals surface area contributed by atoms with Crippen molar-refractivity contribution in [2.24, 2.45) is 5.92 Å². The summed E-state index contributed by atoms with van der Waals surface area (Å²) in [6, 6.07) is 6.53. The minimum Gasteiger partial charge on any atom is -0.454 e. The molecule has 31 heavy (non-hydrogen) atoms. The van der Waals surface area contributed by atoms with Crippen molar-refractivity contribution in [3.05, 3.63) is 51.5 Å². The van der Waals surface area contributed by atoms with E-state index < -0.39 is 10.1 Å². The van der Waals surface area contributed by atoms with Gasteiger partial charge in [0.15, 0.2) is 17.3 Å². The monoisotopic (exact) mass is 463 g/mol. The molecule has 2 aromatic carbocycles. The van der Waals surface area contributed by atoms with E-state index in [9.17, 15) is 17.8 Å².